The Morgan fingerprint density at radius 3 is 2.75 bits per heavy atom. The molecule has 1 aromatic heterocycles. The summed E-state index contributed by atoms with van der Waals surface area (Å²) in [5.74, 6) is -1.06. The minimum Gasteiger partial charge on any atom is -0.539 e. The van der Waals surface area contributed by atoms with Crippen LogP contribution in [0.25, 0.3) is 5.69 Å². The van der Waals surface area contributed by atoms with Crippen molar-refractivity contribution in [2.24, 2.45) is 0 Å². The normalized spacial score (nSPS) is 14.6. The third-order valence-electron chi connectivity index (χ3n) is 3.47. The lowest BCUT2D eigenvalue weighted by atomic mass is 10.3. The van der Waals surface area contributed by atoms with Crippen LogP contribution in [0.5, 0.6) is 5.95 Å². The van der Waals surface area contributed by atoms with Crippen LogP contribution >= 0.6 is 24.0 Å². The molecular weight excluding hydrogens is 350 g/mol. The average Bonchev–Trinajstić information content (AvgIpc) is 3.02. The Kier molecular flexibility index (Phi) is 5.44. The van der Waals surface area contributed by atoms with Gasteiger partial charge in [0.05, 0.1) is 24.2 Å². The molecule has 1 aliphatic heterocycles. The topological polar surface area (TPSA) is 82.5 Å². The average molecular weight is 365 g/mol. The fraction of sp³-hybridized carbons (Fsp3) is 0.333. The largest absolute Gasteiger partial charge is 0.539 e. The van der Waals surface area contributed by atoms with E-state index in [9.17, 15) is 9.90 Å². The number of Topliss-reactive ketones (excluding diaryl/α,β-unsaturated/α-hetero) is 1. The summed E-state index contributed by atoms with van der Waals surface area (Å²) in [5.41, 5.74) is 0.492. The lowest BCUT2D eigenvalue weighted by molar-refractivity contribution is -0.672. The van der Waals surface area contributed by atoms with Crippen LogP contribution in [0.3, 0.4) is 0 Å². The van der Waals surface area contributed by atoms with Crippen molar-refractivity contribution >= 4 is 34.1 Å². The Labute approximate surface area is 148 Å². The molecule has 0 bridgehead atoms. The molecule has 126 valence electrons. The Morgan fingerprint density at radius 1 is 1.33 bits per heavy atom. The van der Waals surface area contributed by atoms with Gasteiger partial charge in [-0.15, -0.1) is 0 Å². The molecule has 0 N–H and O–H groups in total. The van der Waals surface area contributed by atoms with Gasteiger partial charge in [0.2, 0.25) is 11.5 Å². The molecule has 1 fully saturated rings. The van der Waals surface area contributed by atoms with E-state index in [0.717, 1.165) is 0 Å². The summed E-state index contributed by atoms with van der Waals surface area (Å²) < 4.78 is 11.8. The van der Waals surface area contributed by atoms with Gasteiger partial charge in [0.25, 0.3) is 0 Å². The van der Waals surface area contributed by atoms with Gasteiger partial charge in [0.1, 0.15) is 4.32 Å². The molecule has 0 spiro atoms. The Bertz CT molecular complexity index is 730. The fourth-order valence-corrected chi connectivity index (χ4v) is 3.37. The number of rotatable bonds is 4. The van der Waals surface area contributed by atoms with Gasteiger partial charge in [-0.25, -0.2) is 0 Å². The van der Waals surface area contributed by atoms with E-state index >= 15 is 0 Å². The summed E-state index contributed by atoms with van der Waals surface area (Å²) >= 11 is 6.57. The van der Waals surface area contributed by atoms with Gasteiger partial charge in [-0.05, 0) is 4.68 Å². The van der Waals surface area contributed by atoms with Gasteiger partial charge < -0.3 is 19.3 Å². The minimum absolute atomic E-state index is 0.0550. The number of morpholine rings is 1. The second-order valence-corrected chi connectivity index (χ2v) is 6.64. The quantitative estimate of drug-likeness (QED) is 0.442. The summed E-state index contributed by atoms with van der Waals surface area (Å²) in [5, 5.41) is 15.5. The minimum atomic E-state index is -0.748. The number of aromatic nitrogens is 2. The van der Waals surface area contributed by atoms with E-state index in [1.807, 2.05) is 11.0 Å². The van der Waals surface area contributed by atoms with Crippen molar-refractivity contribution in [2.45, 2.75) is 0 Å². The van der Waals surface area contributed by atoms with Gasteiger partial charge in [0.15, 0.2) is 5.95 Å². The number of hydrogen-bond donors (Lipinski definition) is 0. The van der Waals surface area contributed by atoms with Gasteiger partial charge >= 0.3 is 5.69 Å². The highest BCUT2D eigenvalue weighted by Gasteiger charge is 2.28. The maximum absolute atomic E-state index is 12.5. The predicted molar refractivity (Wildman–Crippen MR) is 89.3 cm³/mol. The van der Waals surface area contributed by atoms with Crippen molar-refractivity contribution in [3.8, 4) is 11.6 Å². The van der Waals surface area contributed by atoms with Gasteiger partial charge in [-0.3, -0.25) is 4.79 Å². The Morgan fingerprint density at radius 2 is 2.04 bits per heavy atom. The monoisotopic (exact) mass is 365 g/mol. The first-order valence-electron chi connectivity index (χ1n) is 7.34. The molecule has 1 aliphatic rings. The zero-order valence-corrected chi connectivity index (χ0v) is 14.3. The van der Waals surface area contributed by atoms with Crippen molar-refractivity contribution in [1.82, 2.24) is 10.2 Å². The molecule has 2 aromatic rings. The number of para-hydroxylation sites is 1. The summed E-state index contributed by atoms with van der Waals surface area (Å²) in [6.45, 7) is 2.67. The molecular formula is C15H15N3O4S2. The summed E-state index contributed by atoms with van der Waals surface area (Å²) in [6, 6.07) is 8.89. The summed E-state index contributed by atoms with van der Waals surface area (Å²) in [6.07, 6.45) is 0. The summed E-state index contributed by atoms with van der Waals surface area (Å²) in [7, 11) is 0. The summed E-state index contributed by atoms with van der Waals surface area (Å²) in [4.78, 5) is 14.5. The van der Waals surface area contributed by atoms with Gasteiger partial charge in [-0.2, -0.15) is 0 Å². The van der Waals surface area contributed by atoms with Crippen LogP contribution in [0, 0.1) is 0 Å². The number of carbonyl (C=O) groups excluding carboxylic acids is 1. The van der Waals surface area contributed by atoms with Gasteiger partial charge in [0, 0.05) is 25.2 Å². The first-order chi connectivity index (χ1) is 11.7. The molecule has 0 aliphatic carbocycles. The van der Waals surface area contributed by atoms with Gasteiger partial charge in [-0.1, -0.05) is 42.2 Å². The second kappa shape index (κ2) is 7.73. The highest BCUT2D eigenvalue weighted by atomic mass is 32.2. The maximum Gasteiger partial charge on any atom is 0.307 e. The zero-order chi connectivity index (χ0) is 16.9. The van der Waals surface area contributed by atoms with E-state index < -0.39 is 5.95 Å². The van der Waals surface area contributed by atoms with Crippen molar-refractivity contribution < 1.29 is 23.8 Å². The van der Waals surface area contributed by atoms with Crippen LogP contribution < -0.4 is 9.79 Å². The number of nitrogens with zero attached hydrogens (tertiary/aromatic N) is 3. The first kappa shape index (κ1) is 16.9. The van der Waals surface area contributed by atoms with Crippen LogP contribution in [-0.2, 0) is 4.74 Å². The van der Waals surface area contributed by atoms with E-state index in [-0.39, 0.29) is 17.2 Å². The first-order valence-corrected chi connectivity index (χ1v) is 8.73. The lowest BCUT2D eigenvalue weighted by Gasteiger charge is -2.28. The Balaban J connectivity index is 1.69. The smallest absolute Gasteiger partial charge is 0.307 e. The third-order valence-corrected chi connectivity index (χ3v) is 4.99. The number of hydrogen-bond acceptors (Lipinski definition) is 7. The van der Waals surface area contributed by atoms with Crippen LogP contribution in [0.2, 0.25) is 0 Å². The van der Waals surface area contributed by atoms with Crippen molar-refractivity contribution in [3.63, 3.8) is 0 Å². The molecule has 3 rings (SSSR count). The van der Waals surface area contributed by atoms with Crippen molar-refractivity contribution in [1.29, 1.82) is 0 Å². The lowest BCUT2D eigenvalue weighted by Crippen LogP contribution is -2.40. The van der Waals surface area contributed by atoms with Crippen LogP contribution in [0.15, 0.2) is 34.9 Å². The van der Waals surface area contributed by atoms with E-state index in [0.29, 0.717) is 36.3 Å². The number of carbonyl (C=O) groups is 1. The molecule has 2 heterocycles. The number of ether oxygens (including phenoxy) is 1. The van der Waals surface area contributed by atoms with E-state index in [1.54, 1.807) is 24.3 Å². The molecule has 24 heavy (non-hydrogen) atoms. The van der Waals surface area contributed by atoms with Crippen molar-refractivity contribution in [2.75, 3.05) is 32.1 Å². The maximum atomic E-state index is 12.5. The molecule has 0 unspecified atom stereocenters. The Hall–Kier alpha value is -1.97. The van der Waals surface area contributed by atoms with Crippen LogP contribution in [0.1, 0.15) is 10.5 Å². The molecule has 7 nitrogen and oxygen atoms in total. The molecule has 0 atom stereocenters. The highest BCUT2D eigenvalue weighted by molar-refractivity contribution is 8.23. The standard InChI is InChI=1S/C15H15N3O4S2/c19-12(10-24-15(23)17-6-8-21-9-7-17)13-14(20)22-16-18(13)11-4-2-1-3-5-11/h1-5H,6-10H2. The van der Waals surface area contributed by atoms with Crippen LogP contribution in [-0.4, -0.2) is 52.3 Å². The number of ketones is 1. The number of benzene rings is 1. The van der Waals surface area contributed by atoms with E-state index in [2.05, 4.69) is 9.79 Å². The molecule has 1 saturated heterocycles. The fourth-order valence-electron chi connectivity index (χ4n) is 2.26. The van der Waals surface area contributed by atoms with E-state index in [1.165, 1.54) is 16.4 Å². The van der Waals surface area contributed by atoms with Crippen molar-refractivity contribution in [3.05, 3.63) is 36.0 Å². The van der Waals surface area contributed by atoms with Crippen LogP contribution in [0.4, 0.5) is 0 Å². The predicted octanol–water partition coefficient (Wildman–Crippen LogP) is 0.558. The molecule has 9 heteroatoms. The highest BCUT2D eigenvalue weighted by Crippen LogP contribution is 2.17. The molecule has 1 aromatic carbocycles. The zero-order valence-electron chi connectivity index (χ0n) is 12.7. The molecule has 0 amide bonds. The van der Waals surface area contributed by atoms with E-state index in [4.69, 9.17) is 17.0 Å². The third kappa shape index (κ3) is 3.74. The SMILES string of the molecule is O=C(CSC(=S)N1CCOCC1)c1c([O-])on[n+]1-c1ccccc1. The molecule has 0 saturated carbocycles. The second-order valence-electron chi connectivity index (χ2n) is 5.03. The number of thiocarbonyl (C=S) groups is 1. The molecule has 0 radical (unpaired) electrons. The number of thioether (sulfide) groups is 1.